The first-order valence-corrected chi connectivity index (χ1v) is 10.5. The minimum absolute atomic E-state index is 0.488. The molecule has 2 heterocycles. The highest BCUT2D eigenvalue weighted by molar-refractivity contribution is 4.99. The van der Waals surface area contributed by atoms with Gasteiger partial charge in [-0.2, -0.15) is 0 Å². The van der Waals surface area contributed by atoms with Crippen LogP contribution in [0, 0.1) is 11.3 Å². The average molecular weight is 321 g/mol. The predicted molar refractivity (Wildman–Crippen MR) is 99.9 cm³/mol. The molecule has 0 radical (unpaired) electrons. The van der Waals surface area contributed by atoms with Gasteiger partial charge in [0.05, 0.1) is 0 Å². The Morgan fingerprint density at radius 3 is 2.26 bits per heavy atom. The van der Waals surface area contributed by atoms with Gasteiger partial charge in [0.15, 0.2) is 0 Å². The molecular weight excluding hydrogens is 280 g/mol. The molecule has 1 aliphatic carbocycles. The first-order valence-electron chi connectivity index (χ1n) is 10.5. The van der Waals surface area contributed by atoms with Crippen LogP contribution in [0.15, 0.2) is 0 Å². The zero-order chi connectivity index (χ0) is 16.3. The van der Waals surface area contributed by atoms with E-state index in [1.165, 1.54) is 96.8 Å². The number of rotatable bonds is 4. The second-order valence-corrected chi connectivity index (χ2v) is 9.23. The Bertz CT molecular complexity index is 362. The second kappa shape index (κ2) is 7.44. The highest BCUT2D eigenvalue weighted by Crippen LogP contribution is 2.51. The molecule has 1 saturated carbocycles. The van der Waals surface area contributed by atoms with E-state index in [0.29, 0.717) is 5.54 Å². The summed E-state index contributed by atoms with van der Waals surface area (Å²) in [6, 6.07) is 0. The van der Waals surface area contributed by atoms with Gasteiger partial charge in [0.25, 0.3) is 0 Å². The molecule has 0 aromatic carbocycles. The topological polar surface area (TPSA) is 6.48 Å². The fraction of sp³-hybridized carbons (Fsp3) is 1.00. The highest BCUT2D eigenvalue weighted by atomic mass is 15.2. The van der Waals surface area contributed by atoms with Crippen molar-refractivity contribution in [1.29, 1.82) is 0 Å². The fourth-order valence-corrected chi connectivity index (χ4v) is 5.85. The summed E-state index contributed by atoms with van der Waals surface area (Å²) in [6.07, 6.45) is 16.2. The van der Waals surface area contributed by atoms with Crippen LogP contribution >= 0.6 is 0 Å². The van der Waals surface area contributed by atoms with E-state index in [0.717, 1.165) is 11.3 Å². The summed E-state index contributed by atoms with van der Waals surface area (Å²) in [5.74, 6) is 1.05. The zero-order valence-electron chi connectivity index (χ0n) is 16.1. The van der Waals surface area contributed by atoms with E-state index >= 15 is 0 Å². The molecule has 0 aromatic rings. The Labute approximate surface area is 145 Å². The monoisotopic (exact) mass is 320 g/mol. The highest BCUT2D eigenvalue weighted by Gasteiger charge is 2.45. The van der Waals surface area contributed by atoms with Gasteiger partial charge in [-0.15, -0.1) is 0 Å². The average Bonchev–Trinajstić information content (AvgIpc) is 2.58. The van der Waals surface area contributed by atoms with E-state index in [2.05, 4.69) is 30.7 Å². The van der Waals surface area contributed by atoms with Crippen molar-refractivity contribution < 1.29 is 0 Å². The Morgan fingerprint density at radius 1 is 0.913 bits per heavy atom. The van der Waals surface area contributed by atoms with E-state index in [4.69, 9.17) is 0 Å². The summed E-state index contributed by atoms with van der Waals surface area (Å²) in [4.78, 5) is 5.39. The SMILES string of the molecule is CCCCC1CCCCC12CCN(C1(C)CCN(C)CC1)CC2. The third-order valence-corrected chi connectivity index (χ3v) is 7.84. The summed E-state index contributed by atoms with van der Waals surface area (Å²) >= 11 is 0. The van der Waals surface area contributed by atoms with Gasteiger partial charge in [0.1, 0.15) is 0 Å². The van der Waals surface area contributed by atoms with E-state index in [-0.39, 0.29) is 0 Å². The normalized spacial score (nSPS) is 32.2. The molecule has 2 saturated heterocycles. The van der Waals surface area contributed by atoms with Crippen molar-refractivity contribution >= 4 is 0 Å². The third-order valence-electron chi connectivity index (χ3n) is 7.84. The van der Waals surface area contributed by atoms with E-state index in [1.54, 1.807) is 0 Å². The van der Waals surface area contributed by atoms with Crippen molar-refractivity contribution in [3.05, 3.63) is 0 Å². The molecular formula is C21H40N2. The van der Waals surface area contributed by atoms with Crippen molar-refractivity contribution in [2.45, 2.75) is 90.0 Å². The summed E-state index contributed by atoms with van der Waals surface area (Å²) in [5, 5.41) is 0. The number of likely N-dealkylation sites (tertiary alicyclic amines) is 2. The van der Waals surface area contributed by atoms with Gasteiger partial charge in [-0.1, -0.05) is 32.6 Å². The lowest BCUT2D eigenvalue weighted by Gasteiger charge is -2.54. The van der Waals surface area contributed by atoms with Gasteiger partial charge in [-0.25, -0.2) is 0 Å². The third kappa shape index (κ3) is 3.79. The lowest BCUT2D eigenvalue weighted by molar-refractivity contribution is -0.0435. The van der Waals surface area contributed by atoms with Gasteiger partial charge >= 0.3 is 0 Å². The lowest BCUT2D eigenvalue weighted by Crippen LogP contribution is -2.57. The van der Waals surface area contributed by atoms with Crippen molar-refractivity contribution in [3.8, 4) is 0 Å². The zero-order valence-corrected chi connectivity index (χ0v) is 16.1. The molecule has 0 N–H and O–H groups in total. The van der Waals surface area contributed by atoms with Crippen LogP contribution in [0.3, 0.4) is 0 Å². The quantitative estimate of drug-likeness (QED) is 0.724. The summed E-state index contributed by atoms with van der Waals surface area (Å²) in [7, 11) is 2.28. The smallest absolute Gasteiger partial charge is 0.0205 e. The van der Waals surface area contributed by atoms with Crippen LogP contribution in [0.5, 0.6) is 0 Å². The van der Waals surface area contributed by atoms with Crippen LogP contribution in [0.2, 0.25) is 0 Å². The van der Waals surface area contributed by atoms with Crippen LogP contribution < -0.4 is 0 Å². The van der Waals surface area contributed by atoms with Crippen LogP contribution in [-0.2, 0) is 0 Å². The molecule has 2 aliphatic heterocycles. The molecule has 0 aromatic heterocycles. The first kappa shape index (κ1) is 17.7. The standard InChI is InChI=1S/C21H40N2/c1-4-5-8-19-9-6-7-10-21(19)13-17-23(18-14-21)20(2)11-15-22(3)16-12-20/h19H,4-18H2,1-3H3. The Balaban J connectivity index is 1.60. The maximum atomic E-state index is 2.89. The maximum Gasteiger partial charge on any atom is 0.0205 e. The van der Waals surface area contributed by atoms with E-state index in [9.17, 15) is 0 Å². The van der Waals surface area contributed by atoms with Crippen LogP contribution in [0.25, 0.3) is 0 Å². The van der Waals surface area contributed by atoms with Crippen molar-refractivity contribution in [2.75, 3.05) is 33.2 Å². The number of hydrogen-bond donors (Lipinski definition) is 0. The summed E-state index contributed by atoms with van der Waals surface area (Å²) in [5.41, 5.74) is 1.22. The first-order chi connectivity index (χ1) is 11.1. The number of hydrogen-bond acceptors (Lipinski definition) is 2. The van der Waals surface area contributed by atoms with Crippen LogP contribution in [0.1, 0.15) is 84.5 Å². The number of piperidine rings is 2. The van der Waals surface area contributed by atoms with E-state index in [1.807, 2.05) is 0 Å². The molecule has 1 atom stereocenters. The van der Waals surface area contributed by atoms with Crippen LogP contribution in [0.4, 0.5) is 0 Å². The lowest BCUT2D eigenvalue weighted by atomic mass is 9.60. The molecule has 3 fully saturated rings. The van der Waals surface area contributed by atoms with Gasteiger partial charge in [0.2, 0.25) is 0 Å². The minimum atomic E-state index is 0.488. The van der Waals surface area contributed by atoms with Crippen molar-refractivity contribution in [2.24, 2.45) is 11.3 Å². The molecule has 0 amide bonds. The molecule has 134 valence electrons. The molecule has 1 spiro atoms. The Kier molecular flexibility index (Phi) is 5.73. The molecule has 2 heteroatoms. The maximum absolute atomic E-state index is 2.89. The predicted octanol–water partition coefficient (Wildman–Crippen LogP) is 4.93. The molecule has 2 nitrogen and oxygen atoms in total. The van der Waals surface area contributed by atoms with Crippen LogP contribution in [-0.4, -0.2) is 48.6 Å². The molecule has 0 bridgehead atoms. The van der Waals surface area contributed by atoms with Crippen molar-refractivity contribution in [1.82, 2.24) is 9.80 Å². The number of nitrogens with zero attached hydrogens (tertiary/aromatic N) is 2. The second-order valence-electron chi connectivity index (χ2n) is 9.23. The van der Waals surface area contributed by atoms with Gasteiger partial charge < -0.3 is 4.90 Å². The van der Waals surface area contributed by atoms with Gasteiger partial charge in [-0.3, -0.25) is 4.90 Å². The van der Waals surface area contributed by atoms with E-state index < -0.39 is 0 Å². The summed E-state index contributed by atoms with van der Waals surface area (Å²) in [6.45, 7) is 10.2. The van der Waals surface area contributed by atoms with Gasteiger partial charge in [-0.05, 0) is 96.4 Å². The molecule has 23 heavy (non-hydrogen) atoms. The summed E-state index contributed by atoms with van der Waals surface area (Å²) < 4.78 is 0. The Hall–Kier alpha value is -0.0800. The Morgan fingerprint density at radius 2 is 1.61 bits per heavy atom. The minimum Gasteiger partial charge on any atom is -0.306 e. The molecule has 3 aliphatic rings. The van der Waals surface area contributed by atoms with Crippen molar-refractivity contribution in [3.63, 3.8) is 0 Å². The number of unbranched alkanes of at least 4 members (excludes halogenated alkanes) is 1. The van der Waals surface area contributed by atoms with Gasteiger partial charge in [0, 0.05) is 5.54 Å². The molecule has 1 unspecified atom stereocenters. The largest absolute Gasteiger partial charge is 0.306 e. The molecule has 3 rings (SSSR count). The fourth-order valence-electron chi connectivity index (χ4n) is 5.85.